The number of rotatable bonds is 4. The van der Waals surface area contributed by atoms with Gasteiger partial charge >= 0.3 is 0 Å². The molecule has 0 fully saturated rings. The lowest BCUT2D eigenvalue weighted by molar-refractivity contribution is 0.0935. The van der Waals surface area contributed by atoms with Crippen LogP contribution in [0.5, 0.6) is 0 Å². The van der Waals surface area contributed by atoms with Crippen molar-refractivity contribution in [3.05, 3.63) is 66.4 Å². The normalized spacial score (nSPS) is 11.9. The first kappa shape index (κ1) is 14.7. The van der Waals surface area contributed by atoms with E-state index in [2.05, 4.69) is 20.4 Å². The van der Waals surface area contributed by atoms with Crippen molar-refractivity contribution in [2.75, 3.05) is 5.73 Å². The molecule has 0 radical (unpaired) electrons. The molecule has 23 heavy (non-hydrogen) atoms. The number of nitrogens with two attached hydrogens (primary N) is 1. The van der Waals surface area contributed by atoms with Crippen LogP contribution in [0.15, 0.2) is 55.1 Å². The molecule has 0 bridgehead atoms. The van der Waals surface area contributed by atoms with Crippen LogP contribution in [0.2, 0.25) is 0 Å². The van der Waals surface area contributed by atoms with E-state index in [0.717, 1.165) is 11.3 Å². The number of carbonyl (C=O) groups excluding carboxylic acids is 1. The SMILES string of the molecule is C[C@H](NC(=O)c1nccnc1N)c1cccc(-n2cccn2)c1. The number of carbonyl (C=O) groups is 1. The highest BCUT2D eigenvalue weighted by Crippen LogP contribution is 2.17. The van der Waals surface area contributed by atoms with Gasteiger partial charge in [0, 0.05) is 24.8 Å². The number of hydrogen-bond donors (Lipinski definition) is 2. The fourth-order valence-corrected chi connectivity index (χ4v) is 2.23. The topological polar surface area (TPSA) is 98.7 Å². The predicted molar refractivity (Wildman–Crippen MR) is 85.9 cm³/mol. The molecule has 0 aliphatic rings. The van der Waals surface area contributed by atoms with E-state index < -0.39 is 0 Å². The predicted octanol–water partition coefficient (Wildman–Crippen LogP) is 1.74. The van der Waals surface area contributed by atoms with Crippen molar-refractivity contribution in [1.29, 1.82) is 0 Å². The summed E-state index contributed by atoms with van der Waals surface area (Å²) in [5.41, 5.74) is 7.68. The van der Waals surface area contributed by atoms with Crippen LogP contribution in [-0.2, 0) is 0 Å². The second-order valence-corrected chi connectivity index (χ2v) is 5.03. The van der Waals surface area contributed by atoms with Crippen molar-refractivity contribution in [2.45, 2.75) is 13.0 Å². The molecule has 0 saturated carbocycles. The molecule has 0 aliphatic carbocycles. The van der Waals surface area contributed by atoms with Crippen LogP contribution in [-0.4, -0.2) is 25.7 Å². The molecule has 0 saturated heterocycles. The largest absolute Gasteiger partial charge is 0.382 e. The molecule has 3 rings (SSSR count). The summed E-state index contributed by atoms with van der Waals surface area (Å²) in [5.74, 6) is -0.241. The number of benzene rings is 1. The van der Waals surface area contributed by atoms with Gasteiger partial charge in [-0.15, -0.1) is 0 Å². The first-order chi connectivity index (χ1) is 11.1. The van der Waals surface area contributed by atoms with Gasteiger partial charge in [-0.2, -0.15) is 5.10 Å². The Hall–Kier alpha value is -3.22. The quantitative estimate of drug-likeness (QED) is 0.765. The van der Waals surface area contributed by atoms with Crippen molar-refractivity contribution in [3.8, 4) is 5.69 Å². The number of nitrogen functional groups attached to an aromatic ring is 1. The van der Waals surface area contributed by atoms with Crippen LogP contribution in [0.4, 0.5) is 5.82 Å². The molecular formula is C16H16N6O. The second-order valence-electron chi connectivity index (χ2n) is 5.03. The Labute approximate surface area is 133 Å². The molecule has 0 spiro atoms. The van der Waals surface area contributed by atoms with Crippen molar-refractivity contribution in [2.24, 2.45) is 0 Å². The molecule has 1 aromatic carbocycles. The first-order valence-electron chi connectivity index (χ1n) is 7.12. The number of nitrogens with zero attached hydrogens (tertiary/aromatic N) is 4. The van der Waals surface area contributed by atoms with Gasteiger partial charge < -0.3 is 11.1 Å². The molecule has 116 valence electrons. The lowest BCUT2D eigenvalue weighted by Crippen LogP contribution is -2.28. The van der Waals surface area contributed by atoms with Gasteiger partial charge in [0.2, 0.25) is 0 Å². The van der Waals surface area contributed by atoms with Crippen LogP contribution < -0.4 is 11.1 Å². The Morgan fingerprint density at radius 1 is 1.22 bits per heavy atom. The lowest BCUT2D eigenvalue weighted by Gasteiger charge is -2.15. The highest BCUT2D eigenvalue weighted by atomic mass is 16.2. The third-order valence-electron chi connectivity index (χ3n) is 3.43. The van der Waals surface area contributed by atoms with Gasteiger partial charge in [0.15, 0.2) is 11.5 Å². The van der Waals surface area contributed by atoms with Crippen molar-refractivity contribution >= 4 is 11.7 Å². The maximum Gasteiger partial charge on any atom is 0.274 e. The fourth-order valence-electron chi connectivity index (χ4n) is 2.23. The van der Waals surface area contributed by atoms with Gasteiger partial charge in [0.1, 0.15) is 0 Å². The summed E-state index contributed by atoms with van der Waals surface area (Å²) >= 11 is 0. The summed E-state index contributed by atoms with van der Waals surface area (Å²) < 4.78 is 1.76. The van der Waals surface area contributed by atoms with Gasteiger partial charge in [-0.25, -0.2) is 14.6 Å². The van der Waals surface area contributed by atoms with Gasteiger partial charge in [-0.05, 0) is 30.7 Å². The molecule has 0 aliphatic heterocycles. The van der Waals surface area contributed by atoms with Crippen molar-refractivity contribution < 1.29 is 4.79 Å². The molecule has 3 aromatic rings. The maximum atomic E-state index is 12.3. The van der Waals surface area contributed by atoms with Crippen LogP contribution in [0, 0.1) is 0 Å². The van der Waals surface area contributed by atoms with Crippen LogP contribution >= 0.6 is 0 Å². The molecule has 2 aromatic heterocycles. The maximum absolute atomic E-state index is 12.3. The van der Waals surface area contributed by atoms with E-state index in [1.165, 1.54) is 12.4 Å². The van der Waals surface area contributed by atoms with Crippen LogP contribution in [0.25, 0.3) is 5.69 Å². The smallest absolute Gasteiger partial charge is 0.274 e. The molecule has 7 heteroatoms. The van der Waals surface area contributed by atoms with Gasteiger partial charge in [-0.1, -0.05) is 12.1 Å². The standard InChI is InChI=1S/C16H16N6O/c1-11(21-16(23)14-15(17)19-8-7-18-14)12-4-2-5-13(10-12)22-9-3-6-20-22/h2-11H,1H3,(H2,17,19)(H,21,23)/t11-/m0/s1. The van der Waals surface area contributed by atoms with Crippen LogP contribution in [0.3, 0.4) is 0 Å². The second kappa shape index (κ2) is 6.27. The fraction of sp³-hybridized carbons (Fsp3) is 0.125. The zero-order chi connectivity index (χ0) is 16.2. The average molecular weight is 308 g/mol. The number of anilines is 1. The minimum Gasteiger partial charge on any atom is -0.382 e. The number of amides is 1. The monoisotopic (exact) mass is 308 g/mol. The summed E-state index contributed by atoms with van der Waals surface area (Å²) in [6, 6.07) is 9.43. The van der Waals surface area contributed by atoms with Gasteiger partial charge in [0.25, 0.3) is 5.91 Å². The Kier molecular flexibility index (Phi) is 4.01. The Balaban J connectivity index is 1.79. The first-order valence-corrected chi connectivity index (χ1v) is 7.12. The van der Waals surface area contributed by atoms with E-state index >= 15 is 0 Å². The third-order valence-corrected chi connectivity index (χ3v) is 3.43. The number of hydrogen-bond acceptors (Lipinski definition) is 5. The minimum atomic E-state index is -0.354. The van der Waals surface area contributed by atoms with E-state index in [9.17, 15) is 4.79 Å². The van der Waals surface area contributed by atoms with Crippen molar-refractivity contribution in [3.63, 3.8) is 0 Å². The van der Waals surface area contributed by atoms with E-state index in [4.69, 9.17) is 5.73 Å². The summed E-state index contributed by atoms with van der Waals surface area (Å²) in [6.07, 6.45) is 6.47. The van der Waals surface area contributed by atoms with Crippen molar-refractivity contribution in [1.82, 2.24) is 25.1 Å². The molecule has 7 nitrogen and oxygen atoms in total. The molecular weight excluding hydrogens is 292 g/mol. The Bertz CT molecular complexity index is 815. The Morgan fingerprint density at radius 3 is 2.78 bits per heavy atom. The highest BCUT2D eigenvalue weighted by Gasteiger charge is 2.16. The average Bonchev–Trinajstić information content (AvgIpc) is 3.10. The van der Waals surface area contributed by atoms with Crippen LogP contribution in [0.1, 0.15) is 29.0 Å². The number of aromatic nitrogens is 4. The lowest BCUT2D eigenvalue weighted by atomic mass is 10.1. The van der Waals surface area contributed by atoms with Gasteiger partial charge in [0.05, 0.1) is 11.7 Å². The van der Waals surface area contributed by atoms with E-state index in [-0.39, 0.29) is 23.5 Å². The van der Waals surface area contributed by atoms with E-state index in [0.29, 0.717) is 0 Å². The molecule has 0 unspecified atom stereocenters. The summed E-state index contributed by atoms with van der Waals surface area (Å²) in [7, 11) is 0. The van der Waals surface area contributed by atoms with Gasteiger partial charge in [-0.3, -0.25) is 4.79 Å². The molecule has 2 heterocycles. The van der Waals surface area contributed by atoms with E-state index in [1.54, 1.807) is 10.9 Å². The summed E-state index contributed by atoms with van der Waals surface area (Å²) in [5, 5.41) is 7.08. The minimum absolute atomic E-state index is 0.113. The molecule has 1 atom stereocenters. The number of nitrogens with one attached hydrogen (secondary N) is 1. The Morgan fingerprint density at radius 2 is 2.04 bits per heavy atom. The third kappa shape index (κ3) is 3.18. The zero-order valence-electron chi connectivity index (χ0n) is 12.5. The van der Waals surface area contributed by atoms with E-state index in [1.807, 2.05) is 43.5 Å². The molecule has 1 amide bonds. The zero-order valence-corrected chi connectivity index (χ0v) is 12.5. The summed E-state index contributed by atoms with van der Waals surface area (Å²) in [4.78, 5) is 20.1. The summed E-state index contributed by atoms with van der Waals surface area (Å²) in [6.45, 7) is 1.90. The highest BCUT2D eigenvalue weighted by molar-refractivity contribution is 5.96. The molecule has 3 N–H and O–H groups in total.